The molecule has 0 fully saturated rings. The van der Waals surface area contributed by atoms with Gasteiger partial charge in [0, 0.05) is 28.4 Å². The molecule has 0 saturated carbocycles. The maximum atomic E-state index is 12.8. The van der Waals surface area contributed by atoms with Crippen LogP contribution in [0.2, 0.25) is 0 Å². The van der Waals surface area contributed by atoms with Crippen LogP contribution in [0, 0.1) is 6.92 Å². The number of benzene rings is 3. The molecule has 160 valence electrons. The predicted molar refractivity (Wildman–Crippen MR) is 123 cm³/mol. The highest BCUT2D eigenvalue weighted by Crippen LogP contribution is 2.28. The zero-order valence-corrected chi connectivity index (χ0v) is 18.2. The first-order valence-electron chi connectivity index (χ1n) is 9.55. The van der Waals surface area contributed by atoms with Crippen LogP contribution in [0.15, 0.2) is 60.7 Å². The van der Waals surface area contributed by atoms with Gasteiger partial charge in [0.1, 0.15) is 0 Å². The highest BCUT2D eigenvalue weighted by molar-refractivity contribution is 6.17. The number of aryl methyl sites for hydroxylation is 1. The van der Waals surface area contributed by atoms with Gasteiger partial charge in [0.05, 0.1) is 14.2 Å². The number of carbonyl (C=O) groups excluding carboxylic acids is 2. The molecule has 0 aromatic heterocycles. The van der Waals surface area contributed by atoms with Crippen molar-refractivity contribution in [1.82, 2.24) is 0 Å². The first kappa shape index (κ1) is 22.2. The van der Waals surface area contributed by atoms with Gasteiger partial charge in [0.15, 0.2) is 11.5 Å². The first-order valence-corrected chi connectivity index (χ1v) is 10.1. The maximum Gasteiger partial charge on any atom is 0.255 e. The number of carbonyl (C=O) groups is 2. The third-order valence-corrected chi connectivity index (χ3v) is 5.04. The fourth-order valence-electron chi connectivity index (χ4n) is 3.01. The van der Waals surface area contributed by atoms with E-state index >= 15 is 0 Å². The second-order valence-corrected chi connectivity index (χ2v) is 7.11. The van der Waals surface area contributed by atoms with Crippen LogP contribution in [0.4, 0.5) is 11.4 Å². The molecule has 0 spiro atoms. The van der Waals surface area contributed by atoms with Gasteiger partial charge in [-0.1, -0.05) is 18.2 Å². The number of nitrogens with one attached hydrogen (secondary N) is 2. The highest BCUT2D eigenvalue weighted by atomic mass is 35.5. The minimum absolute atomic E-state index is 0.256. The third-order valence-electron chi connectivity index (χ3n) is 4.73. The van der Waals surface area contributed by atoms with E-state index < -0.39 is 0 Å². The van der Waals surface area contributed by atoms with Gasteiger partial charge in [0.25, 0.3) is 11.8 Å². The van der Waals surface area contributed by atoms with Crippen LogP contribution in [-0.2, 0) is 5.88 Å². The lowest BCUT2D eigenvalue weighted by atomic mass is 10.1. The SMILES string of the molecule is COc1ccc(C(=O)Nc2cc(NC(=O)c3cccc(CCl)c3)ccc2C)cc1OC. The molecular formula is C24H23ClN2O4. The van der Waals surface area contributed by atoms with Crippen molar-refractivity contribution in [3.63, 3.8) is 0 Å². The second kappa shape index (κ2) is 10.00. The zero-order valence-electron chi connectivity index (χ0n) is 17.5. The van der Waals surface area contributed by atoms with Crippen molar-refractivity contribution < 1.29 is 19.1 Å². The fourth-order valence-corrected chi connectivity index (χ4v) is 3.17. The quantitative estimate of drug-likeness (QED) is 0.493. The van der Waals surface area contributed by atoms with E-state index in [1.54, 1.807) is 48.5 Å². The Morgan fingerprint density at radius 3 is 2.26 bits per heavy atom. The molecule has 3 rings (SSSR count). The summed E-state index contributed by atoms with van der Waals surface area (Å²) in [5, 5.41) is 5.74. The van der Waals surface area contributed by atoms with Gasteiger partial charge in [-0.25, -0.2) is 0 Å². The predicted octanol–water partition coefficient (Wildman–Crippen LogP) is 5.26. The summed E-state index contributed by atoms with van der Waals surface area (Å²) in [6.07, 6.45) is 0. The highest BCUT2D eigenvalue weighted by Gasteiger charge is 2.13. The molecule has 0 bridgehead atoms. The number of alkyl halides is 1. The Labute approximate surface area is 186 Å². The van der Waals surface area contributed by atoms with Crippen LogP contribution < -0.4 is 20.1 Å². The molecule has 7 heteroatoms. The van der Waals surface area contributed by atoms with Gasteiger partial charge in [-0.3, -0.25) is 9.59 Å². The number of methoxy groups -OCH3 is 2. The molecule has 0 heterocycles. The first-order chi connectivity index (χ1) is 14.9. The van der Waals surface area contributed by atoms with Crippen molar-refractivity contribution in [2.24, 2.45) is 0 Å². The summed E-state index contributed by atoms with van der Waals surface area (Å²) in [7, 11) is 3.05. The average Bonchev–Trinajstić information content (AvgIpc) is 2.80. The summed E-state index contributed by atoms with van der Waals surface area (Å²) in [4.78, 5) is 25.3. The van der Waals surface area contributed by atoms with Crippen LogP contribution in [0.3, 0.4) is 0 Å². The molecular weight excluding hydrogens is 416 g/mol. The Bertz CT molecular complexity index is 1110. The van der Waals surface area contributed by atoms with E-state index in [0.29, 0.717) is 39.9 Å². The van der Waals surface area contributed by atoms with Gasteiger partial charge in [-0.2, -0.15) is 0 Å². The van der Waals surface area contributed by atoms with Crippen LogP contribution in [0.1, 0.15) is 31.8 Å². The molecule has 2 N–H and O–H groups in total. The van der Waals surface area contributed by atoms with Gasteiger partial charge in [-0.15, -0.1) is 11.6 Å². The summed E-state index contributed by atoms with van der Waals surface area (Å²) < 4.78 is 10.5. The van der Waals surface area contributed by atoms with Crippen LogP contribution in [0.5, 0.6) is 11.5 Å². The van der Waals surface area contributed by atoms with E-state index in [4.69, 9.17) is 21.1 Å². The third kappa shape index (κ3) is 5.35. The number of amides is 2. The summed E-state index contributed by atoms with van der Waals surface area (Å²) >= 11 is 5.85. The normalized spacial score (nSPS) is 10.3. The van der Waals surface area contributed by atoms with Crippen molar-refractivity contribution in [3.8, 4) is 11.5 Å². The van der Waals surface area contributed by atoms with Crippen LogP contribution in [-0.4, -0.2) is 26.0 Å². The largest absolute Gasteiger partial charge is 0.493 e. The Morgan fingerprint density at radius 1 is 0.839 bits per heavy atom. The van der Waals surface area contributed by atoms with Gasteiger partial charge in [0.2, 0.25) is 0 Å². The maximum absolute atomic E-state index is 12.8. The van der Waals surface area contributed by atoms with E-state index in [0.717, 1.165) is 11.1 Å². The van der Waals surface area contributed by atoms with E-state index in [2.05, 4.69) is 10.6 Å². The minimum atomic E-state index is -0.303. The number of hydrogen-bond acceptors (Lipinski definition) is 4. The van der Waals surface area contributed by atoms with E-state index in [1.165, 1.54) is 14.2 Å². The van der Waals surface area contributed by atoms with Crippen molar-refractivity contribution >= 4 is 34.8 Å². The number of ether oxygens (including phenoxy) is 2. The molecule has 0 atom stereocenters. The lowest BCUT2D eigenvalue weighted by molar-refractivity contribution is 0.101. The monoisotopic (exact) mass is 438 g/mol. The fraction of sp³-hybridized carbons (Fsp3) is 0.167. The number of rotatable bonds is 7. The molecule has 0 aliphatic heterocycles. The van der Waals surface area contributed by atoms with Gasteiger partial charge < -0.3 is 20.1 Å². The topological polar surface area (TPSA) is 76.7 Å². The molecule has 0 saturated heterocycles. The van der Waals surface area contributed by atoms with Crippen molar-refractivity contribution in [2.75, 3.05) is 24.9 Å². The Morgan fingerprint density at radius 2 is 1.55 bits per heavy atom. The van der Waals surface area contributed by atoms with Crippen LogP contribution in [0.25, 0.3) is 0 Å². The summed E-state index contributed by atoms with van der Waals surface area (Å²) in [5.41, 5.74) is 3.80. The lowest BCUT2D eigenvalue weighted by Gasteiger charge is -2.13. The Hall–Kier alpha value is -3.51. The van der Waals surface area contributed by atoms with E-state index in [9.17, 15) is 9.59 Å². The molecule has 31 heavy (non-hydrogen) atoms. The zero-order chi connectivity index (χ0) is 22.4. The van der Waals surface area contributed by atoms with Crippen LogP contribution >= 0.6 is 11.6 Å². The molecule has 2 amide bonds. The number of hydrogen-bond donors (Lipinski definition) is 2. The smallest absolute Gasteiger partial charge is 0.255 e. The van der Waals surface area contributed by atoms with Crippen molar-refractivity contribution in [3.05, 3.63) is 82.9 Å². The molecule has 0 aliphatic rings. The Balaban J connectivity index is 1.78. The van der Waals surface area contributed by atoms with E-state index in [-0.39, 0.29) is 11.8 Å². The van der Waals surface area contributed by atoms with Gasteiger partial charge in [-0.05, 0) is 60.5 Å². The minimum Gasteiger partial charge on any atom is -0.493 e. The summed E-state index contributed by atoms with van der Waals surface area (Å²) in [5.74, 6) is 0.776. The molecule has 0 unspecified atom stereocenters. The Kier molecular flexibility index (Phi) is 7.15. The number of halogens is 1. The molecule has 3 aromatic carbocycles. The van der Waals surface area contributed by atoms with Crippen molar-refractivity contribution in [2.45, 2.75) is 12.8 Å². The second-order valence-electron chi connectivity index (χ2n) is 6.84. The van der Waals surface area contributed by atoms with Crippen molar-refractivity contribution in [1.29, 1.82) is 0 Å². The summed E-state index contributed by atoms with van der Waals surface area (Å²) in [6.45, 7) is 1.87. The summed E-state index contributed by atoms with van der Waals surface area (Å²) in [6, 6.07) is 17.4. The lowest BCUT2D eigenvalue weighted by Crippen LogP contribution is -2.15. The average molecular weight is 439 g/mol. The van der Waals surface area contributed by atoms with E-state index in [1.807, 2.05) is 19.1 Å². The standard InChI is InChI=1S/C24H23ClN2O4/c1-15-7-9-19(26-23(28)17-6-4-5-16(11-17)14-25)13-20(15)27-24(29)18-8-10-21(30-2)22(12-18)31-3/h4-13H,14H2,1-3H3,(H,26,28)(H,27,29). The number of anilines is 2. The molecule has 0 radical (unpaired) electrons. The molecule has 3 aromatic rings. The molecule has 6 nitrogen and oxygen atoms in total. The molecule has 0 aliphatic carbocycles. The van der Waals surface area contributed by atoms with Gasteiger partial charge >= 0.3 is 0 Å².